The average molecular weight is 420 g/mol. The van der Waals surface area contributed by atoms with Crippen LogP contribution in [0.4, 0.5) is 0 Å². The van der Waals surface area contributed by atoms with Crippen LogP contribution in [0.25, 0.3) is 0 Å². The van der Waals surface area contributed by atoms with Gasteiger partial charge in [0, 0.05) is 47.3 Å². The second-order valence-corrected chi connectivity index (χ2v) is 9.30. The van der Waals surface area contributed by atoms with E-state index in [1.54, 1.807) is 20.8 Å². The van der Waals surface area contributed by atoms with E-state index in [2.05, 4.69) is 0 Å². The number of benzene rings is 1. The third kappa shape index (κ3) is 2.80. The monoisotopic (exact) mass is 420 g/mol. The van der Waals surface area contributed by atoms with Gasteiger partial charge in [0.1, 0.15) is 11.9 Å². The van der Waals surface area contributed by atoms with Crippen molar-refractivity contribution in [3.63, 3.8) is 0 Å². The number of rotatable bonds is 3. The largest absolute Gasteiger partial charge is 0.507 e. The van der Waals surface area contributed by atoms with Crippen LogP contribution in [0.3, 0.4) is 0 Å². The number of Topliss-reactive ketones (excluding diaryl/α,β-unsaturated/α-hetero) is 2. The molecule has 8 heteroatoms. The summed E-state index contributed by atoms with van der Waals surface area (Å²) in [7, 11) is 0. The Balaban J connectivity index is 2.31. The molecule has 4 N–H and O–H groups in total. The van der Waals surface area contributed by atoms with Crippen molar-refractivity contribution >= 4 is 17.5 Å². The number of fused-ring (bicyclic) bond motifs is 3. The Hall–Kier alpha value is -2.61. The topological polar surface area (TPSA) is 141 Å². The molecule has 0 spiro atoms. The van der Waals surface area contributed by atoms with E-state index in [9.17, 15) is 34.8 Å². The zero-order chi connectivity index (χ0) is 22.8. The van der Waals surface area contributed by atoms with Gasteiger partial charge in [0.15, 0.2) is 11.5 Å². The van der Waals surface area contributed by atoms with Crippen molar-refractivity contribution in [1.82, 2.24) is 0 Å². The summed E-state index contributed by atoms with van der Waals surface area (Å²) in [5.74, 6) is -5.70. The molecule has 1 aromatic rings. The molecule has 0 aromatic heterocycles. The molecule has 2 aliphatic carbocycles. The maximum atomic E-state index is 13.3. The van der Waals surface area contributed by atoms with Gasteiger partial charge in [0.05, 0.1) is 5.56 Å². The third-order valence-corrected chi connectivity index (χ3v) is 6.95. The fraction of sp³-hybridized carbons (Fsp3) is 0.591. The molecule has 30 heavy (non-hydrogen) atoms. The maximum absolute atomic E-state index is 13.3. The van der Waals surface area contributed by atoms with Crippen LogP contribution in [0.2, 0.25) is 0 Å². The Morgan fingerprint density at radius 1 is 1.13 bits per heavy atom. The van der Waals surface area contributed by atoms with E-state index in [1.165, 1.54) is 13.8 Å². The molecule has 1 aromatic carbocycles. The first-order valence-corrected chi connectivity index (χ1v) is 9.98. The van der Waals surface area contributed by atoms with Crippen LogP contribution in [0, 0.1) is 11.3 Å². The smallest absolute Gasteiger partial charge is 0.302 e. The summed E-state index contributed by atoms with van der Waals surface area (Å²) < 4.78 is 5.42. The highest BCUT2D eigenvalue weighted by Crippen LogP contribution is 2.61. The number of aliphatic hydroxyl groups is 1. The van der Waals surface area contributed by atoms with Crippen LogP contribution < -0.4 is 0 Å². The van der Waals surface area contributed by atoms with Crippen LogP contribution in [0.1, 0.15) is 74.9 Å². The van der Waals surface area contributed by atoms with Gasteiger partial charge < -0.3 is 25.2 Å². The number of hydrogen-bond donors (Lipinski definition) is 4. The quantitative estimate of drug-likeness (QED) is 0.253. The number of esters is 1. The minimum Gasteiger partial charge on any atom is -0.507 e. The molecule has 8 nitrogen and oxygen atoms in total. The van der Waals surface area contributed by atoms with Gasteiger partial charge in [-0.05, 0) is 12.8 Å². The van der Waals surface area contributed by atoms with Crippen LogP contribution >= 0.6 is 0 Å². The van der Waals surface area contributed by atoms with Crippen LogP contribution in [-0.2, 0) is 19.7 Å². The second-order valence-electron chi connectivity index (χ2n) is 9.30. The number of aliphatic hydroxyl groups excluding tert-OH is 1. The number of hydrogen-bond acceptors (Lipinski definition) is 8. The number of phenolic OH excluding ortho intramolecular Hbond substituents is 3. The first-order chi connectivity index (χ1) is 13.8. The van der Waals surface area contributed by atoms with Gasteiger partial charge >= 0.3 is 5.97 Å². The van der Waals surface area contributed by atoms with Crippen molar-refractivity contribution in [2.45, 2.75) is 64.9 Å². The second kappa shape index (κ2) is 6.97. The Bertz CT molecular complexity index is 947. The van der Waals surface area contributed by atoms with Crippen molar-refractivity contribution < 1.29 is 39.5 Å². The lowest BCUT2D eigenvalue weighted by atomic mass is 9.48. The highest BCUT2D eigenvalue weighted by atomic mass is 16.5. The number of carbonyl (C=O) groups is 3. The van der Waals surface area contributed by atoms with Gasteiger partial charge in [0.2, 0.25) is 11.6 Å². The fourth-order valence-corrected chi connectivity index (χ4v) is 5.58. The summed E-state index contributed by atoms with van der Waals surface area (Å²) in [6, 6.07) is 0. The standard InChI is InChI=1S/C22H28O8/c1-9(8-23)12-15(25)13-14(18(28)16(12)26)22(5)7-6-11(30-10(2)24)21(3,4)20(22)19(29)17(13)27/h9,11,20,23,25-26,28H,6-8H2,1-5H3/t9-,11-,20+,22-/m1/s1. The molecule has 0 radical (unpaired) electrons. The molecule has 1 saturated carbocycles. The van der Waals surface area contributed by atoms with E-state index in [-0.39, 0.29) is 23.1 Å². The number of phenols is 3. The minimum absolute atomic E-state index is 0.0235. The fourth-order valence-electron chi connectivity index (χ4n) is 5.58. The molecule has 0 unspecified atom stereocenters. The molecule has 0 heterocycles. The average Bonchev–Trinajstić information content (AvgIpc) is 2.64. The molecule has 3 rings (SSSR count). The van der Waals surface area contributed by atoms with Gasteiger partial charge in [-0.1, -0.05) is 27.7 Å². The first-order valence-electron chi connectivity index (χ1n) is 9.98. The van der Waals surface area contributed by atoms with Gasteiger partial charge in [-0.2, -0.15) is 0 Å². The van der Waals surface area contributed by atoms with Gasteiger partial charge in [-0.3, -0.25) is 14.4 Å². The number of carbonyl (C=O) groups excluding carboxylic acids is 3. The predicted octanol–water partition coefficient (Wildman–Crippen LogP) is 2.29. The molecule has 0 amide bonds. The Morgan fingerprint density at radius 3 is 2.27 bits per heavy atom. The van der Waals surface area contributed by atoms with E-state index in [0.29, 0.717) is 6.42 Å². The zero-order valence-electron chi connectivity index (χ0n) is 17.8. The van der Waals surface area contributed by atoms with Crippen LogP contribution in [0.15, 0.2) is 0 Å². The van der Waals surface area contributed by atoms with Gasteiger partial charge in [0.25, 0.3) is 0 Å². The summed E-state index contributed by atoms with van der Waals surface area (Å²) in [4.78, 5) is 37.9. The number of ketones is 2. The molecular weight excluding hydrogens is 392 g/mol. The molecule has 1 fully saturated rings. The highest BCUT2D eigenvalue weighted by Gasteiger charge is 2.62. The van der Waals surface area contributed by atoms with E-state index in [0.717, 1.165) is 0 Å². The summed E-state index contributed by atoms with van der Waals surface area (Å²) in [5, 5.41) is 41.8. The zero-order valence-corrected chi connectivity index (χ0v) is 17.8. The predicted molar refractivity (Wildman–Crippen MR) is 106 cm³/mol. The van der Waals surface area contributed by atoms with Crippen LogP contribution in [-0.4, -0.2) is 50.7 Å². The molecular formula is C22H28O8. The summed E-state index contributed by atoms with van der Waals surface area (Å²) in [6.45, 7) is 7.51. The number of aromatic hydroxyl groups is 3. The van der Waals surface area contributed by atoms with Crippen molar-refractivity contribution in [3.8, 4) is 17.2 Å². The molecule has 0 saturated heterocycles. The lowest BCUT2D eigenvalue weighted by molar-refractivity contribution is -0.166. The molecule has 164 valence electrons. The Labute approximate surface area is 174 Å². The lowest BCUT2D eigenvalue weighted by Gasteiger charge is -2.55. The molecule has 4 atom stereocenters. The SMILES string of the molecule is CC(=O)O[C@@H]1CC[C@]2(C)c3c(O)c(O)c([C@H](C)CO)c(O)c3C(=O)C(=O)[C@H]2C1(C)C. The van der Waals surface area contributed by atoms with Crippen molar-refractivity contribution in [2.75, 3.05) is 6.61 Å². The maximum Gasteiger partial charge on any atom is 0.302 e. The Kier molecular flexibility index (Phi) is 5.13. The van der Waals surface area contributed by atoms with Gasteiger partial charge in [-0.25, -0.2) is 0 Å². The van der Waals surface area contributed by atoms with Crippen molar-refractivity contribution in [2.24, 2.45) is 11.3 Å². The molecule has 0 aliphatic heterocycles. The summed E-state index contributed by atoms with van der Waals surface area (Å²) in [6.07, 6.45) is 0.0484. The van der Waals surface area contributed by atoms with E-state index in [4.69, 9.17) is 4.74 Å². The normalized spacial score (nSPS) is 28.5. The summed E-state index contributed by atoms with van der Waals surface area (Å²) >= 11 is 0. The third-order valence-electron chi connectivity index (χ3n) is 6.95. The van der Waals surface area contributed by atoms with E-state index >= 15 is 0 Å². The Morgan fingerprint density at radius 2 is 1.73 bits per heavy atom. The first kappa shape index (κ1) is 22.1. The highest BCUT2D eigenvalue weighted by molar-refractivity contribution is 6.47. The van der Waals surface area contributed by atoms with E-state index in [1.807, 2.05) is 0 Å². The summed E-state index contributed by atoms with van der Waals surface area (Å²) in [5.41, 5.74) is -2.50. The van der Waals surface area contributed by atoms with E-state index < -0.39 is 70.2 Å². The van der Waals surface area contributed by atoms with Crippen molar-refractivity contribution in [3.05, 3.63) is 16.7 Å². The lowest BCUT2D eigenvalue weighted by Crippen LogP contribution is -2.60. The van der Waals surface area contributed by atoms with Gasteiger partial charge in [-0.15, -0.1) is 0 Å². The van der Waals surface area contributed by atoms with Crippen LogP contribution in [0.5, 0.6) is 17.2 Å². The number of ether oxygens (including phenoxy) is 1. The minimum atomic E-state index is -1.08. The molecule has 2 aliphatic rings. The molecule has 0 bridgehead atoms. The van der Waals surface area contributed by atoms with Crippen molar-refractivity contribution in [1.29, 1.82) is 0 Å².